The first-order chi connectivity index (χ1) is 8.49. The molecule has 0 bridgehead atoms. The molecule has 0 aromatic heterocycles. The molecule has 3 nitrogen and oxygen atoms in total. The van der Waals surface area contributed by atoms with Crippen LogP contribution in [-0.2, 0) is 4.79 Å². The highest BCUT2D eigenvalue weighted by Crippen LogP contribution is 2.38. The molecule has 1 aliphatic rings. The van der Waals surface area contributed by atoms with E-state index >= 15 is 0 Å². The van der Waals surface area contributed by atoms with E-state index in [0.717, 1.165) is 17.3 Å². The van der Waals surface area contributed by atoms with Crippen molar-refractivity contribution in [3.05, 3.63) is 28.2 Å². The molecule has 2 rings (SSSR count). The molecular weight excluding hydrogens is 362 g/mol. The van der Waals surface area contributed by atoms with Gasteiger partial charge in [0.25, 0.3) is 0 Å². The molecule has 1 unspecified atom stereocenters. The van der Waals surface area contributed by atoms with Crippen LogP contribution in [0.25, 0.3) is 0 Å². The highest BCUT2D eigenvalue weighted by atomic mass is 79.9. The summed E-state index contributed by atoms with van der Waals surface area (Å²) in [5, 5.41) is 2.79. The van der Waals surface area contributed by atoms with E-state index in [2.05, 4.69) is 37.2 Å². The van der Waals surface area contributed by atoms with Crippen LogP contribution in [0.5, 0.6) is 0 Å². The topological polar surface area (TPSA) is 46.2 Å². The largest absolute Gasteiger partial charge is 0.324 e. The fraction of sp³-hybridized carbons (Fsp3) is 0.385. The average Bonchev–Trinajstić information content (AvgIpc) is 2.35. The number of ketones is 1. The Bertz CT molecular complexity index is 516. The second-order valence-corrected chi connectivity index (χ2v) is 6.65. The third kappa shape index (κ3) is 2.26. The number of rotatable bonds is 3. The molecule has 5 heteroatoms. The molecule has 1 amide bonds. The summed E-state index contributed by atoms with van der Waals surface area (Å²) in [7, 11) is 0. The Labute approximate surface area is 123 Å². The zero-order valence-electron chi connectivity index (χ0n) is 9.93. The van der Waals surface area contributed by atoms with Crippen LogP contribution in [0.15, 0.2) is 22.7 Å². The van der Waals surface area contributed by atoms with E-state index in [9.17, 15) is 9.59 Å². The summed E-state index contributed by atoms with van der Waals surface area (Å²) in [5.74, 6) is -0.424. The molecule has 0 saturated carbocycles. The minimum atomic E-state index is -1.11. The molecule has 1 heterocycles. The molecule has 1 atom stereocenters. The van der Waals surface area contributed by atoms with Crippen molar-refractivity contribution < 1.29 is 9.59 Å². The normalized spacial score (nSPS) is 22.6. The van der Waals surface area contributed by atoms with Crippen LogP contribution in [0.2, 0.25) is 0 Å². The van der Waals surface area contributed by atoms with E-state index in [-0.39, 0.29) is 11.7 Å². The van der Waals surface area contributed by atoms with Crippen LogP contribution < -0.4 is 5.32 Å². The fourth-order valence-electron chi connectivity index (χ4n) is 2.00. The number of halogens is 2. The van der Waals surface area contributed by atoms with Gasteiger partial charge in [-0.05, 0) is 24.6 Å². The van der Waals surface area contributed by atoms with Crippen molar-refractivity contribution in [2.75, 3.05) is 5.32 Å². The van der Waals surface area contributed by atoms with E-state index in [1.807, 2.05) is 6.92 Å². The summed E-state index contributed by atoms with van der Waals surface area (Å²) in [5.41, 5.74) is 1.14. The van der Waals surface area contributed by atoms with E-state index in [1.165, 1.54) is 0 Å². The number of anilines is 1. The summed E-state index contributed by atoms with van der Waals surface area (Å²) in [4.78, 5) is 24.6. The van der Waals surface area contributed by atoms with Gasteiger partial charge in [-0.15, -0.1) is 0 Å². The van der Waals surface area contributed by atoms with E-state index in [1.54, 1.807) is 18.2 Å². The Morgan fingerprint density at radius 2 is 2.06 bits per heavy atom. The van der Waals surface area contributed by atoms with Crippen molar-refractivity contribution in [3.63, 3.8) is 0 Å². The van der Waals surface area contributed by atoms with Crippen molar-refractivity contribution in [3.8, 4) is 0 Å². The monoisotopic (exact) mass is 373 g/mol. The van der Waals surface area contributed by atoms with Gasteiger partial charge in [0.05, 0.1) is 5.69 Å². The quantitative estimate of drug-likeness (QED) is 0.644. The standard InChI is InChI=1S/C13H13Br2NO2/c1-2-3-6-13(15)11(17)9-7-8(14)4-5-10(9)16-12(13)18/h4-5,7H,2-3,6H2,1H3,(H,16,18). The summed E-state index contributed by atoms with van der Waals surface area (Å²) < 4.78 is -0.285. The molecule has 0 radical (unpaired) electrons. The third-order valence-corrected chi connectivity index (χ3v) is 4.68. The molecule has 0 aliphatic carbocycles. The molecule has 0 spiro atoms. The molecule has 18 heavy (non-hydrogen) atoms. The number of hydrogen-bond donors (Lipinski definition) is 1. The van der Waals surface area contributed by atoms with Crippen molar-refractivity contribution in [1.82, 2.24) is 0 Å². The number of fused-ring (bicyclic) bond motifs is 1. The van der Waals surface area contributed by atoms with E-state index in [0.29, 0.717) is 17.7 Å². The predicted molar refractivity (Wildman–Crippen MR) is 78.3 cm³/mol. The zero-order chi connectivity index (χ0) is 13.3. The number of benzene rings is 1. The van der Waals surface area contributed by atoms with Gasteiger partial charge in [0, 0.05) is 10.0 Å². The Balaban J connectivity index is 2.43. The molecule has 1 aromatic carbocycles. The number of nitrogens with one attached hydrogen (secondary N) is 1. The van der Waals surface area contributed by atoms with E-state index in [4.69, 9.17) is 0 Å². The van der Waals surface area contributed by atoms with Gasteiger partial charge >= 0.3 is 0 Å². The number of Topliss-reactive ketones (excluding diaryl/α,β-unsaturated/α-hetero) is 1. The molecule has 1 N–H and O–H groups in total. The lowest BCUT2D eigenvalue weighted by Gasteiger charge is -2.30. The van der Waals surface area contributed by atoms with Crippen LogP contribution in [0, 0.1) is 0 Å². The van der Waals surface area contributed by atoms with Crippen molar-refractivity contribution >= 4 is 49.2 Å². The van der Waals surface area contributed by atoms with Crippen LogP contribution in [0.3, 0.4) is 0 Å². The minimum absolute atomic E-state index is 0.156. The Morgan fingerprint density at radius 1 is 1.33 bits per heavy atom. The number of unbranched alkanes of at least 4 members (excludes halogenated alkanes) is 1. The van der Waals surface area contributed by atoms with Crippen LogP contribution in [-0.4, -0.2) is 16.0 Å². The first kappa shape index (κ1) is 13.7. The molecule has 1 aliphatic heterocycles. The maximum absolute atomic E-state index is 12.5. The number of amides is 1. The highest BCUT2D eigenvalue weighted by molar-refractivity contribution is 9.10. The third-order valence-electron chi connectivity index (χ3n) is 3.07. The van der Waals surface area contributed by atoms with Crippen molar-refractivity contribution in [1.29, 1.82) is 0 Å². The lowest BCUT2D eigenvalue weighted by atomic mass is 9.87. The second-order valence-electron chi connectivity index (χ2n) is 4.38. The lowest BCUT2D eigenvalue weighted by molar-refractivity contribution is -0.117. The highest BCUT2D eigenvalue weighted by Gasteiger charge is 2.47. The number of alkyl halides is 1. The first-order valence-electron chi connectivity index (χ1n) is 5.83. The van der Waals surface area contributed by atoms with Gasteiger partial charge < -0.3 is 5.32 Å². The van der Waals surface area contributed by atoms with Crippen LogP contribution in [0.4, 0.5) is 5.69 Å². The zero-order valence-corrected chi connectivity index (χ0v) is 13.1. The van der Waals surface area contributed by atoms with Gasteiger partial charge in [0.15, 0.2) is 10.1 Å². The Hall–Kier alpha value is -0.680. The molecule has 1 aromatic rings. The van der Waals surface area contributed by atoms with Gasteiger partial charge in [-0.3, -0.25) is 9.59 Å². The number of hydrogen-bond acceptors (Lipinski definition) is 2. The van der Waals surface area contributed by atoms with Gasteiger partial charge in [-0.25, -0.2) is 0 Å². The van der Waals surface area contributed by atoms with E-state index < -0.39 is 4.32 Å². The summed E-state index contributed by atoms with van der Waals surface area (Å²) >= 11 is 6.69. The summed E-state index contributed by atoms with van der Waals surface area (Å²) in [6.07, 6.45) is 2.28. The molecule has 0 saturated heterocycles. The van der Waals surface area contributed by atoms with Crippen LogP contribution >= 0.6 is 31.9 Å². The SMILES string of the molecule is CCCCC1(Br)C(=O)Nc2ccc(Br)cc2C1=O. The number of carbonyl (C=O) groups excluding carboxylic acids is 2. The second kappa shape index (κ2) is 5.13. The lowest BCUT2D eigenvalue weighted by Crippen LogP contribution is -2.48. The van der Waals surface area contributed by atoms with Gasteiger partial charge in [-0.1, -0.05) is 51.6 Å². The maximum atomic E-state index is 12.5. The van der Waals surface area contributed by atoms with Crippen molar-refractivity contribution in [2.45, 2.75) is 30.5 Å². The fourth-order valence-corrected chi connectivity index (χ4v) is 2.95. The molecule has 0 fully saturated rings. The smallest absolute Gasteiger partial charge is 0.249 e. The predicted octanol–water partition coefficient (Wildman–Crippen LogP) is 3.91. The molecular formula is C13H13Br2NO2. The van der Waals surface area contributed by atoms with Crippen molar-refractivity contribution in [2.24, 2.45) is 0 Å². The maximum Gasteiger partial charge on any atom is 0.249 e. The Morgan fingerprint density at radius 3 is 2.72 bits per heavy atom. The summed E-state index contributed by atoms with van der Waals surface area (Å²) in [6, 6.07) is 5.29. The minimum Gasteiger partial charge on any atom is -0.324 e. The summed E-state index contributed by atoms with van der Waals surface area (Å²) in [6.45, 7) is 2.03. The first-order valence-corrected chi connectivity index (χ1v) is 7.42. The van der Waals surface area contributed by atoms with Gasteiger partial charge in [0.2, 0.25) is 5.91 Å². The number of carbonyl (C=O) groups is 2. The molecule has 96 valence electrons. The Kier molecular flexibility index (Phi) is 3.92. The van der Waals surface area contributed by atoms with Gasteiger partial charge in [0.1, 0.15) is 0 Å². The average molecular weight is 375 g/mol. The van der Waals surface area contributed by atoms with Gasteiger partial charge in [-0.2, -0.15) is 0 Å². The van der Waals surface area contributed by atoms with Crippen LogP contribution in [0.1, 0.15) is 36.5 Å².